The Morgan fingerprint density at radius 2 is 2.19 bits per heavy atom. The molecular weight excluding hydrogens is 264 g/mol. The van der Waals surface area contributed by atoms with Crippen LogP contribution < -0.4 is 10.6 Å². The van der Waals surface area contributed by atoms with Crippen molar-refractivity contribution in [1.82, 2.24) is 9.88 Å². The first kappa shape index (κ1) is 13.0. The molecule has 0 aliphatic carbocycles. The number of rotatable bonds is 1. The fourth-order valence-electron chi connectivity index (χ4n) is 3.89. The van der Waals surface area contributed by atoms with E-state index in [0.29, 0.717) is 0 Å². The van der Waals surface area contributed by atoms with Crippen molar-refractivity contribution < 1.29 is 4.42 Å². The molecule has 112 valence electrons. The highest BCUT2D eigenvalue weighted by atomic mass is 16.4. The minimum Gasteiger partial charge on any atom is -0.423 e. The van der Waals surface area contributed by atoms with Gasteiger partial charge in [0.1, 0.15) is 5.52 Å². The normalized spacial score (nSPS) is 27.0. The first-order valence-corrected chi connectivity index (χ1v) is 7.82. The molecular formula is C16H22N4O. The Morgan fingerprint density at radius 3 is 3.10 bits per heavy atom. The summed E-state index contributed by atoms with van der Waals surface area (Å²) < 4.78 is 5.92. The number of anilines is 2. The first-order valence-electron chi connectivity index (χ1n) is 7.82. The lowest BCUT2D eigenvalue weighted by molar-refractivity contribution is 0.101. The van der Waals surface area contributed by atoms with Crippen LogP contribution in [0.15, 0.2) is 22.6 Å². The van der Waals surface area contributed by atoms with E-state index in [1.165, 1.54) is 25.8 Å². The maximum Gasteiger partial charge on any atom is 0.298 e. The highest BCUT2D eigenvalue weighted by Crippen LogP contribution is 2.33. The van der Waals surface area contributed by atoms with Gasteiger partial charge >= 0.3 is 0 Å². The number of benzene rings is 1. The lowest BCUT2D eigenvalue weighted by Gasteiger charge is -2.45. The SMILES string of the molecule is CN1CCCC2CN(c3nc4ccc(N)cc4o3)CCC21. The smallest absolute Gasteiger partial charge is 0.298 e. The first-order chi connectivity index (χ1) is 10.2. The van der Waals surface area contributed by atoms with Crippen LogP contribution in [0.1, 0.15) is 19.3 Å². The second-order valence-electron chi connectivity index (χ2n) is 6.41. The van der Waals surface area contributed by atoms with Gasteiger partial charge in [-0.05, 0) is 50.9 Å². The third-order valence-electron chi connectivity index (χ3n) is 5.02. The number of hydrogen-bond donors (Lipinski definition) is 1. The molecule has 2 aliphatic heterocycles. The van der Waals surface area contributed by atoms with E-state index in [0.717, 1.165) is 47.9 Å². The molecule has 21 heavy (non-hydrogen) atoms. The number of oxazole rings is 1. The van der Waals surface area contributed by atoms with E-state index < -0.39 is 0 Å². The lowest BCUT2D eigenvalue weighted by Crippen LogP contribution is -2.52. The Morgan fingerprint density at radius 1 is 1.29 bits per heavy atom. The number of aromatic nitrogens is 1. The van der Waals surface area contributed by atoms with Crippen molar-refractivity contribution in [3.8, 4) is 0 Å². The summed E-state index contributed by atoms with van der Waals surface area (Å²) in [6.07, 6.45) is 3.82. The Labute approximate surface area is 124 Å². The fourth-order valence-corrected chi connectivity index (χ4v) is 3.89. The van der Waals surface area contributed by atoms with Crippen molar-refractivity contribution in [3.05, 3.63) is 18.2 Å². The standard InChI is InChI=1S/C16H22N4O/c1-19-7-2-3-11-10-20(8-6-14(11)19)16-18-13-5-4-12(17)9-15(13)21-16/h4-5,9,11,14H,2-3,6-8,10,17H2,1H3. The number of nitrogens with two attached hydrogens (primary N) is 1. The van der Waals surface area contributed by atoms with Gasteiger partial charge in [0.05, 0.1) is 0 Å². The third-order valence-corrected chi connectivity index (χ3v) is 5.02. The van der Waals surface area contributed by atoms with Crippen molar-refractivity contribution in [2.75, 3.05) is 37.3 Å². The van der Waals surface area contributed by atoms with Crippen LogP contribution in [0, 0.1) is 5.92 Å². The molecule has 2 aliphatic rings. The summed E-state index contributed by atoms with van der Waals surface area (Å²) in [4.78, 5) is 9.45. The van der Waals surface area contributed by atoms with E-state index in [4.69, 9.17) is 10.2 Å². The van der Waals surface area contributed by atoms with Gasteiger partial charge in [0, 0.05) is 30.9 Å². The molecule has 2 aromatic rings. The van der Waals surface area contributed by atoms with Gasteiger partial charge in [-0.2, -0.15) is 4.98 Å². The van der Waals surface area contributed by atoms with Crippen molar-refractivity contribution >= 4 is 22.8 Å². The topological polar surface area (TPSA) is 58.5 Å². The minimum atomic E-state index is 0.720. The predicted molar refractivity (Wildman–Crippen MR) is 84.4 cm³/mol. The molecule has 2 saturated heterocycles. The molecule has 1 aromatic heterocycles. The van der Waals surface area contributed by atoms with Gasteiger partial charge < -0.3 is 20.0 Å². The summed E-state index contributed by atoms with van der Waals surface area (Å²) >= 11 is 0. The highest BCUT2D eigenvalue weighted by Gasteiger charge is 2.35. The number of likely N-dealkylation sites (tertiary alicyclic amines) is 1. The molecule has 0 amide bonds. The van der Waals surface area contributed by atoms with E-state index in [9.17, 15) is 0 Å². The van der Waals surface area contributed by atoms with Crippen LogP contribution in [0.4, 0.5) is 11.7 Å². The summed E-state index contributed by atoms with van der Waals surface area (Å²) in [7, 11) is 2.26. The molecule has 2 unspecified atom stereocenters. The van der Waals surface area contributed by atoms with Crippen LogP contribution in [-0.4, -0.2) is 42.6 Å². The van der Waals surface area contributed by atoms with E-state index >= 15 is 0 Å². The molecule has 0 saturated carbocycles. The molecule has 5 nitrogen and oxygen atoms in total. The van der Waals surface area contributed by atoms with Crippen LogP contribution in [0.2, 0.25) is 0 Å². The average Bonchev–Trinajstić information content (AvgIpc) is 2.90. The maximum absolute atomic E-state index is 5.92. The number of hydrogen-bond acceptors (Lipinski definition) is 5. The van der Waals surface area contributed by atoms with Gasteiger partial charge in [0.15, 0.2) is 5.58 Å². The maximum atomic E-state index is 5.92. The molecule has 4 rings (SSSR count). The lowest BCUT2D eigenvalue weighted by atomic mass is 9.84. The van der Waals surface area contributed by atoms with Crippen molar-refractivity contribution in [3.63, 3.8) is 0 Å². The highest BCUT2D eigenvalue weighted by molar-refractivity contribution is 5.78. The summed E-state index contributed by atoms with van der Waals surface area (Å²) in [6.45, 7) is 3.31. The number of piperidine rings is 2. The van der Waals surface area contributed by atoms with Crippen molar-refractivity contribution in [2.24, 2.45) is 5.92 Å². The molecule has 2 atom stereocenters. The fraction of sp³-hybridized carbons (Fsp3) is 0.562. The van der Waals surface area contributed by atoms with Gasteiger partial charge in [-0.25, -0.2) is 0 Å². The van der Waals surface area contributed by atoms with E-state index in [2.05, 4.69) is 21.8 Å². The largest absolute Gasteiger partial charge is 0.423 e. The van der Waals surface area contributed by atoms with Crippen molar-refractivity contribution in [1.29, 1.82) is 0 Å². The molecule has 5 heteroatoms. The predicted octanol–water partition coefficient (Wildman–Crippen LogP) is 2.33. The Kier molecular flexibility index (Phi) is 3.03. The van der Waals surface area contributed by atoms with E-state index in [-0.39, 0.29) is 0 Å². The Hall–Kier alpha value is -1.75. The van der Waals surface area contributed by atoms with Gasteiger partial charge in [-0.3, -0.25) is 0 Å². The Bertz CT molecular complexity index is 653. The number of fused-ring (bicyclic) bond motifs is 2. The third kappa shape index (κ3) is 2.25. The monoisotopic (exact) mass is 286 g/mol. The quantitative estimate of drug-likeness (QED) is 0.815. The summed E-state index contributed by atoms with van der Waals surface area (Å²) in [5, 5.41) is 0. The molecule has 2 N–H and O–H groups in total. The van der Waals surface area contributed by atoms with E-state index in [1.54, 1.807) is 0 Å². The van der Waals surface area contributed by atoms with Crippen LogP contribution in [0.25, 0.3) is 11.1 Å². The molecule has 2 fully saturated rings. The second kappa shape index (κ2) is 4.91. The van der Waals surface area contributed by atoms with Crippen LogP contribution >= 0.6 is 0 Å². The second-order valence-corrected chi connectivity index (χ2v) is 6.41. The van der Waals surface area contributed by atoms with Crippen LogP contribution in [0.5, 0.6) is 0 Å². The van der Waals surface area contributed by atoms with Gasteiger partial charge in [-0.1, -0.05) is 0 Å². The molecule has 0 bridgehead atoms. The zero-order valence-electron chi connectivity index (χ0n) is 12.5. The summed E-state index contributed by atoms with van der Waals surface area (Å²) in [5.74, 6) is 0.734. The molecule has 3 heterocycles. The number of nitrogens with zero attached hydrogens (tertiary/aromatic N) is 3. The summed E-state index contributed by atoms with van der Waals surface area (Å²) in [5.41, 5.74) is 8.20. The molecule has 0 radical (unpaired) electrons. The number of nitrogen functional groups attached to an aromatic ring is 1. The average molecular weight is 286 g/mol. The van der Waals surface area contributed by atoms with Gasteiger partial charge in [0.25, 0.3) is 6.01 Å². The van der Waals surface area contributed by atoms with E-state index in [1.807, 2.05) is 18.2 Å². The molecule has 0 spiro atoms. The van der Waals surface area contributed by atoms with Gasteiger partial charge in [0.2, 0.25) is 0 Å². The molecule has 1 aromatic carbocycles. The zero-order chi connectivity index (χ0) is 14.4. The zero-order valence-corrected chi connectivity index (χ0v) is 12.5. The van der Waals surface area contributed by atoms with Crippen molar-refractivity contribution in [2.45, 2.75) is 25.3 Å². The summed E-state index contributed by atoms with van der Waals surface area (Å²) in [6, 6.07) is 7.14. The Balaban J connectivity index is 1.58. The van der Waals surface area contributed by atoms with Gasteiger partial charge in [-0.15, -0.1) is 0 Å². The minimum absolute atomic E-state index is 0.720. The van der Waals surface area contributed by atoms with Crippen LogP contribution in [-0.2, 0) is 0 Å². The van der Waals surface area contributed by atoms with Crippen LogP contribution in [0.3, 0.4) is 0 Å².